The summed E-state index contributed by atoms with van der Waals surface area (Å²) >= 11 is 0. The Morgan fingerprint density at radius 1 is 1.90 bits per heavy atom. The Morgan fingerprint density at radius 3 is 2.70 bits per heavy atom. The quantitative estimate of drug-likeness (QED) is 0.510. The molecule has 0 radical (unpaired) electrons. The van der Waals surface area contributed by atoms with Gasteiger partial charge in [0.2, 0.25) is 0 Å². The van der Waals surface area contributed by atoms with Crippen LogP contribution < -0.4 is 0 Å². The second-order valence-corrected chi connectivity index (χ2v) is 2.67. The van der Waals surface area contributed by atoms with Gasteiger partial charge >= 0.3 is 6.09 Å². The molecule has 10 heavy (non-hydrogen) atoms. The molecular weight excluding hydrogens is 130 g/mol. The maximum Gasteiger partial charge on any atom is 0.410 e. The summed E-state index contributed by atoms with van der Waals surface area (Å²) in [5, 5.41) is 0. The predicted octanol–water partition coefficient (Wildman–Crippen LogP) is 1.01. The molecule has 0 aromatic rings. The highest BCUT2D eigenvalue weighted by Gasteiger charge is 2.38. The summed E-state index contributed by atoms with van der Waals surface area (Å²) in [5.74, 6) is 0. The SMILES string of the molecule is C=CC1(C)COC(=O)N1C. The molecule has 0 aromatic carbocycles. The molecular formula is C7H11NO2. The summed E-state index contributed by atoms with van der Waals surface area (Å²) in [5.41, 5.74) is -0.308. The number of hydrogen-bond donors (Lipinski definition) is 0. The Bertz CT molecular complexity index is 178. The van der Waals surface area contributed by atoms with Gasteiger partial charge in [-0.05, 0) is 6.92 Å². The van der Waals surface area contributed by atoms with Crippen molar-refractivity contribution in [2.45, 2.75) is 12.5 Å². The second-order valence-electron chi connectivity index (χ2n) is 2.67. The van der Waals surface area contributed by atoms with Gasteiger partial charge in [0, 0.05) is 7.05 Å². The number of ether oxygens (including phenoxy) is 1. The first-order valence-electron chi connectivity index (χ1n) is 3.14. The van der Waals surface area contributed by atoms with Gasteiger partial charge in [0.15, 0.2) is 0 Å². The Morgan fingerprint density at radius 2 is 2.50 bits per heavy atom. The molecule has 1 aliphatic rings. The monoisotopic (exact) mass is 141 g/mol. The van der Waals surface area contributed by atoms with E-state index < -0.39 is 0 Å². The fourth-order valence-electron chi connectivity index (χ4n) is 0.806. The average molecular weight is 141 g/mol. The Labute approximate surface area is 60.3 Å². The van der Waals surface area contributed by atoms with E-state index in [1.54, 1.807) is 18.0 Å². The molecule has 0 saturated carbocycles. The van der Waals surface area contributed by atoms with Crippen LogP contribution >= 0.6 is 0 Å². The van der Waals surface area contributed by atoms with Gasteiger partial charge in [-0.2, -0.15) is 0 Å². The summed E-state index contributed by atoms with van der Waals surface area (Å²) in [6.45, 7) is 5.94. The highest BCUT2D eigenvalue weighted by Crippen LogP contribution is 2.22. The highest BCUT2D eigenvalue weighted by atomic mass is 16.6. The van der Waals surface area contributed by atoms with Crippen molar-refractivity contribution in [2.24, 2.45) is 0 Å². The van der Waals surface area contributed by atoms with Gasteiger partial charge in [-0.15, -0.1) is 6.58 Å². The van der Waals surface area contributed by atoms with Gasteiger partial charge in [-0.3, -0.25) is 4.90 Å². The number of amides is 1. The zero-order chi connectivity index (χ0) is 7.78. The van der Waals surface area contributed by atoms with Crippen LogP contribution in [0.3, 0.4) is 0 Å². The number of hydrogen-bond acceptors (Lipinski definition) is 2. The molecule has 0 spiro atoms. The van der Waals surface area contributed by atoms with E-state index in [1.807, 2.05) is 6.92 Å². The first-order chi connectivity index (χ1) is 4.60. The zero-order valence-electron chi connectivity index (χ0n) is 6.26. The van der Waals surface area contributed by atoms with Crippen molar-refractivity contribution >= 4 is 6.09 Å². The molecule has 1 aliphatic heterocycles. The van der Waals surface area contributed by atoms with Crippen LogP contribution in [-0.2, 0) is 4.74 Å². The minimum Gasteiger partial charge on any atom is -0.447 e. The first kappa shape index (κ1) is 7.12. The Hall–Kier alpha value is -0.990. The van der Waals surface area contributed by atoms with Gasteiger partial charge in [0.25, 0.3) is 0 Å². The third kappa shape index (κ3) is 0.781. The third-order valence-corrected chi connectivity index (χ3v) is 1.97. The lowest BCUT2D eigenvalue weighted by atomic mass is 10.0. The molecule has 1 heterocycles. The van der Waals surface area contributed by atoms with E-state index in [9.17, 15) is 4.79 Å². The maximum atomic E-state index is 10.8. The van der Waals surface area contributed by atoms with E-state index in [1.165, 1.54) is 0 Å². The molecule has 1 amide bonds. The highest BCUT2D eigenvalue weighted by molar-refractivity contribution is 5.71. The fraction of sp³-hybridized carbons (Fsp3) is 0.571. The summed E-state index contributed by atoms with van der Waals surface area (Å²) in [6, 6.07) is 0. The smallest absolute Gasteiger partial charge is 0.410 e. The Kier molecular flexibility index (Phi) is 1.43. The van der Waals surface area contributed by atoms with Crippen LogP contribution in [0.5, 0.6) is 0 Å². The van der Waals surface area contributed by atoms with Crippen LogP contribution in [0.25, 0.3) is 0 Å². The lowest BCUT2D eigenvalue weighted by Gasteiger charge is -2.23. The van der Waals surface area contributed by atoms with E-state index in [0.29, 0.717) is 6.61 Å². The molecule has 1 rings (SSSR count). The summed E-state index contributed by atoms with van der Waals surface area (Å²) in [7, 11) is 1.71. The van der Waals surface area contributed by atoms with E-state index in [4.69, 9.17) is 4.74 Å². The van der Waals surface area contributed by atoms with Gasteiger partial charge in [0.1, 0.15) is 6.61 Å². The average Bonchev–Trinajstić information content (AvgIpc) is 2.19. The summed E-state index contributed by atoms with van der Waals surface area (Å²) < 4.78 is 4.79. The van der Waals surface area contributed by atoms with E-state index in [2.05, 4.69) is 6.58 Å². The molecule has 0 bridgehead atoms. The van der Waals surface area contributed by atoms with Crippen molar-refractivity contribution in [3.8, 4) is 0 Å². The molecule has 1 saturated heterocycles. The lowest BCUT2D eigenvalue weighted by Crippen LogP contribution is -2.39. The van der Waals surface area contributed by atoms with Crippen LogP contribution in [0, 0.1) is 0 Å². The van der Waals surface area contributed by atoms with Gasteiger partial charge in [0.05, 0.1) is 5.54 Å². The standard InChI is InChI=1S/C7H11NO2/c1-4-7(2)5-10-6(9)8(7)3/h4H,1,5H2,2-3H3. The fourth-order valence-corrected chi connectivity index (χ4v) is 0.806. The molecule has 3 nitrogen and oxygen atoms in total. The summed E-state index contributed by atoms with van der Waals surface area (Å²) in [6.07, 6.45) is 1.44. The third-order valence-electron chi connectivity index (χ3n) is 1.97. The van der Waals surface area contributed by atoms with Crippen molar-refractivity contribution in [1.82, 2.24) is 4.90 Å². The van der Waals surface area contributed by atoms with Crippen molar-refractivity contribution in [1.29, 1.82) is 0 Å². The van der Waals surface area contributed by atoms with Gasteiger partial charge < -0.3 is 4.74 Å². The molecule has 1 atom stereocenters. The lowest BCUT2D eigenvalue weighted by molar-refractivity contribution is 0.163. The van der Waals surface area contributed by atoms with Crippen molar-refractivity contribution in [3.63, 3.8) is 0 Å². The van der Waals surface area contributed by atoms with Crippen LogP contribution in [0.15, 0.2) is 12.7 Å². The van der Waals surface area contributed by atoms with E-state index in [0.717, 1.165) is 0 Å². The normalized spacial score (nSPS) is 32.2. The number of nitrogens with zero attached hydrogens (tertiary/aromatic N) is 1. The molecule has 0 N–H and O–H groups in total. The minimum absolute atomic E-state index is 0.276. The van der Waals surface area contributed by atoms with Crippen molar-refractivity contribution < 1.29 is 9.53 Å². The number of carbonyl (C=O) groups excluding carboxylic acids is 1. The van der Waals surface area contributed by atoms with Crippen molar-refractivity contribution in [2.75, 3.05) is 13.7 Å². The molecule has 56 valence electrons. The maximum absolute atomic E-state index is 10.8. The van der Waals surface area contributed by atoms with Crippen LogP contribution in [0.4, 0.5) is 4.79 Å². The van der Waals surface area contributed by atoms with Crippen LogP contribution in [-0.4, -0.2) is 30.2 Å². The summed E-state index contributed by atoms with van der Waals surface area (Å²) in [4.78, 5) is 12.3. The predicted molar refractivity (Wildman–Crippen MR) is 37.7 cm³/mol. The molecule has 0 aromatic heterocycles. The largest absolute Gasteiger partial charge is 0.447 e. The van der Waals surface area contributed by atoms with Crippen LogP contribution in [0.1, 0.15) is 6.92 Å². The number of carbonyl (C=O) groups is 1. The van der Waals surface area contributed by atoms with Crippen molar-refractivity contribution in [3.05, 3.63) is 12.7 Å². The number of rotatable bonds is 1. The van der Waals surface area contributed by atoms with E-state index >= 15 is 0 Å². The topological polar surface area (TPSA) is 29.5 Å². The molecule has 1 fully saturated rings. The number of likely N-dealkylation sites (N-methyl/N-ethyl adjacent to an activating group) is 1. The molecule has 1 unspecified atom stereocenters. The van der Waals surface area contributed by atoms with Gasteiger partial charge in [-0.1, -0.05) is 6.08 Å². The van der Waals surface area contributed by atoms with Crippen LogP contribution in [0.2, 0.25) is 0 Å². The Balaban J connectivity index is 2.82. The zero-order valence-corrected chi connectivity index (χ0v) is 6.26. The second kappa shape index (κ2) is 2.01. The minimum atomic E-state index is -0.308. The molecule has 0 aliphatic carbocycles. The van der Waals surface area contributed by atoms with E-state index in [-0.39, 0.29) is 11.6 Å². The first-order valence-corrected chi connectivity index (χ1v) is 3.14. The number of cyclic esters (lactones) is 1. The van der Waals surface area contributed by atoms with Gasteiger partial charge in [-0.25, -0.2) is 4.79 Å². The molecule has 3 heteroatoms.